The summed E-state index contributed by atoms with van der Waals surface area (Å²) in [5.41, 5.74) is 0.614. The zero-order valence-electron chi connectivity index (χ0n) is 20.2. The fraction of sp³-hybridized carbons (Fsp3) is 0.333. The molecule has 2 aromatic carbocycles. The maximum Gasteiger partial charge on any atom is 0.416 e. The van der Waals surface area contributed by atoms with Gasteiger partial charge >= 0.3 is 12.1 Å². The summed E-state index contributed by atoms with van der Waals surface area (Å²) in [5.74, 6) is -0.245. The molecule has 5 nitrogen and oxygen atoms in total. The maximum absolute atomic E-state index is 12.9. The van der Waals surface area contributed by atoms with Gasteiger partial charge in [0.15, 0.2) is 0 Å². The molecule has 4 rings (SSSR count). The van der Waals surface area contributed by atoms with Crippen LogP contribution in [0.15, 0.2) is 54.7 Å². The molecule has 0 spiro atoms. The van der Waals surface area contributed by atoms with Crippen molar-refractivity contribution in [2.75, 3.05) is 6.61 Å². The van der Waals surface area contributed by atoms with Gasteiger partial charge in [-0.25, -0.2) is 9.78 Å². The molecule has 2 heterocycles. The molecule has 9 heteroatoms. The van der Waals surface area contributed by atoms with Crippen LogP contribution in [0, 0.1) is 0 Å². The second-order valence-corrected chi connectivity index (χ2v) is 10.2. The highest BCUT2D eigenvalue weighted by Crippen LogP contribution is 2.34. The van der Waals surface area contributed by atoms with Gasteiger partial charge in [0.2, 0.25) is 0 Å². The topological polar surface area (TPSA) is 64.4 Å². The van der Waals surface area contributed by atoms with Crippen LogP contribution in [0.25, 0.3) is 21.5 Å². The number of ether oxygens (including phenoxy) is 1. The van der Waals surface area contributed by atoms with Crippen LogP contribution < -0.4 is 4.74 Å². The summed E-state index contributed by atoms with van der Waals surface area (Å²) in [6.07, 6.45) is -0.264. The molecule has 0 fully saturated rings. The van der Waals surface area contributed by atoms with Crippen LogP contribution in [0.3, 0.4) is 0 Å². The van der Waals surface area contributed by atoms with Gasteiger partial charge < -0.3 is 14.4 Å². The molecule has 0 atom stereocenters. The zero-order chi connectivity index (χ0) is 26.1. The van der Waals surface area contributed by atoms with Crippen LogP contribution in [0.4, 0.5) is 13.2 Å². The number of alkyl halides is 3. The summed E-state index contributed by atoms with van der Waals surface area (Å²) >= 11 is 1.51. The van der Waals surface area contributed by atoms with Crippen molar-refractivity contribution in [3.63, 3.8) is 0 Å². The van der Waals surface area contributed by atoms with E-state index in [4.69, 9.17) is 9.72 Å². The third kappa shape index (κ3) is 5.26. The molecule has 0 radical (unpaired) electrons. The minimum Gasteiger partial charge on any atom is -0.493 e. The number of carboxylic acid groups (broad SMARTS) is 1. The highest BCUT2D eigenvalue weighted by Gasteiger charge is 2.31. The first-order valence-corrected chi connectivity index (χ1v) is 12.5. The van der Waals surface area contributed by atoms with Gasteiger partial charge in [0.1, 0.15) is 16.3 Å². The Balaban J connectivity index is 1.47. The molecule has 0 aliphatic heterocycles. The SMILES string of the molecule is CCCc1sc(-c2ccc(C(F)(F)F)cc2)nc1CCOc1ccc2c(ccn2C(C)(C)C(=O)O)c1. The number of hydrogen-bond donors (Lipinski definition) is 1. The van der Waals surface area contributed by atoms with E-state index in [9.17, 15) is 23.1 Å². The molecule has 4 aromatic rings. The molecule has 0 unspecified atom stereocenters. The quantitative estimate of drug-likeness (QED) is 0.256. The molecule has 0 amide bonds. The van der Waals surface area contributed by atoms with Crippen LogP contribution in [0.1, 0.15) is 43.3 Å². The molecule has 0 aliphatic rings. The first-order chi connectivity index (χ1) is 17.0. The van der Waals surface area contributed by atoms with Crippen molar-refractivity contribution in [2.24, 2.45) is 0 Å². The number of thiazole rings is 1. The van der Waals surface area contributed by atoms with Crippen molar-refractivity contribution in [3.8, 4) is 16.3 Å². The second-order valence-electron chi connectivity index (χ2n) is 9.08. The van der Waals surface area contributed by atoms with Gasteiger partial charge in [0, 0.05) is 34.0 Å². The minimum atomic E-state index is -4.37. The van der Waals surface area contributed by atoms with Crippen molar-refractivity contribution in [2.45, 2.75) is 51.7 Å². The third-order valence-corrected chi connectivity index (χ3v) is 7.32. The summed E-state index contributed by atoms with van der Waals surface area (Å²) in [6.45, 7) is 5.77. The number of aryl methyl sites for hydroxylation is 1. The largest absolute Gasteiger partial charge is 0.493 e. The zero-order valence-corrected chi connectivity index (χ0v) is 21.0. The van der Waals surface area contributed by atoms with Gasteiger partial charge in [0.05, 0.1) is 17.9 Å². The fourth-order valence-electron chi connectivity index (χ4n) is 3.99. The lowest BCUT2D eigenvalue weighted by molar-refractivity contribution is -0.145. The summed E-state index contributed by atoms with van der Waals surface area (Å²) in [6, 6.07) is 12.5. The van der Waals surface area contributed by atoms with Gasteiger partial charge in [-0.1, -0.05) is 25.5 Å². The summed E-state index contributed by atoms with van der Waals surface area (Å²) in [5, 5.41) is 11.1. The molecule has 190 valence electrons. The van der Waals surface area contributed by atoms with Crippen LogP contribution in [-0.4, -0.2) is 27.2 Å². The van der Waals surface area contributed by atoms with E-state index in [1.165, 1.54) is 23.5 Å². The highest BCUT2D eigenvalue weighted by molar-refractivity contribution is 7.15. The number of hydrogen-bond acceptors (Lipinski definition) is 4. The Morgan fingerprint density at radius 1 is 1.08 bits per heavy atom. The Kier molecular flexibility index (Phi) is 7.13. The normalized spacial score (nSPS) is 12.3. The van der Waals surface area contributed by atoms with Gasteiger partial charge in [-0.15, -0.1) is 11.3 Å². The number of carboxylic acids is 1. The lowest BCUT2D eigenvalue weighted by Crippen LogP contribution is -2.34. The molecule has 0 saturated carbocycles. The fourth-order valence-corrected chi connectivity index (χ4v) is 5.21. The van der Waals surface area contributed by atoms with E-state index in [0.29, 0.717) is 29.3 Å². The Morgan fingerprint density at radius 3 is 2.44 bits per heavy atom. The number of halogens is 3. The van der Waals surface area contributed by atoms with Gasteiger partial charge in [-0.2, -0.15) is 13.2 Å². The number of fused-ring (bicyclic) bond motifs is 1. The van der Waals surface area contributed by atoms with Crippen LogP contribution in [0.2, 0.25) is 0 Å². The number of carbonyl (C=O) groups is 1. The van der Waals surface area contributed by atoms with E-state index >= 15 is 0 Å². The van der Waals surface area contributed by atoms with Crippen molar-refractivity contribution < 1.29 is 27.8 Å². The summed E-state index contributed by atoms with van der Waals surface area (Å²) in [7, 11) is 0. The number of benzene rings is 2. The monoisotopic (exact) mass is 516 g/mol. The van der Waals surface area contributed by atoms with Gasteiger partial charge in [-0.3, -0.25) is 0 Å². The molecule has 0 aliphatic carbocycles. The van der Waals surface area contributed by atoms with Crippen LogP contribution >= 0.6 is 11.3 Å². The first-order valence-electron chi connectivity index (χ1n) is 11.6. The van der Waals surface area contributed by atoms with E-state index in [1.807, 2.05) is 24.3 Å². The molecule has 0 bridgehead atoms. The Labute approximate surface area is 211 Å². The average Bonchev–Trinajstić information content (AvgIpc) is 3.43. The lowest BCUT2D eigenvalue weighted by Gasteiger charge is -2.23. The standard InChI is InChI=1S/C27H27F3N2O3S/c1-4-5-23-21(31-24(36-23)17-6-8-19(9-7-17)27(28,29)30)13-15-35-20-10-11-22-18(16-20)12-14-32(22)26(2,3)25(33)34/h6-12,14,16H,4-5,13,15H2,1-3H3,(H,33,34). The van der Waals surface area contributed by atoms with Crippen LogP contribution in [-0.2, 0) is 29.4 Å². The van der Waals surface area contributed by atoms with Crippen molar-refractivity contribution in [3.05, 3.63) is 70.9 Å². The molecule has 1 N–H and O–H groups in total. The molecule has 36 heavy (non-hydrogen) atoms. The van der Waals surface area contributed by atoms with Crippen molar-refractivity contribution in [1.29, 1.82) is 0 Å². The predicted molar refractivity (Wildman–Crippen MR) is 135 cm³/mol. The molecule has 0 saturated heterocycles. The number of nitrogens with zero attached hydrogens (tertiary/aromatic N) is 2. The third-order valence-electron chi connectivity index (χ3n) is 6.11. The predicted octanol–water partition coefficient (Wildman–Crippen LogP) is 7.18. The number of aliphatic carboxylic acids is 1. The minimum absolute atomic E-state index is 0.389. The molecular weight excluding hydrogens is 489 g/mol. The van der Waals surface area contributed by atoms with Crippen molar-refractivity contribution in [1.82, 2.24) is 9.55 Å². The van der Waals surface area contributed by atoms with Gasteiger partial charge in [-0.05, 0) is 56.7 Å². The van der Waals surface area contributed by atoms with E-state index in [-0.39, 0.29) is 0 Å². The Hall–Kier alpha value is -3.33. The second kappa shape index (κ2) is 9.97. The van der Waals surface area contributed by atoms with E-state index in [0.717, 1.165) is 46.4 Å². The first kappa shape index (κ1) is 25.8. The van der Waals surface area contributed by atoms with Crippen molar-refractivity contribution >= 4 is 28.2 Å². The smallest absolute Gasteiger partial charge is 0.416 e. The molecule has 2 aromatic heterocycles. The number of rotatable bonds is 9. The lowest BCUT2D eigenvalue weighted by atomic mass is 10.1. The Bertz CT molecular complexity index is 1370. The van der Waals surface area contributed by atoms with E-state index in [1.54, 1.807) is 24.6 Å². The average molecular weight is 517 g/mol. The highest BCUT2D eigenvalue weighted by atomic mass is 32.1. The summed E-state index contributed by atoms with van der Waals surface area (Å²) in [4.78, 5) is 17.5. The van der Waals surface area contributed by atoms with Gasteiger partial charge in [0.25, 0.3) is 0 Å². The van der Waals surface area contributed by atoms with E-state index < -0.39 is 23.2 Å². The maximum atomic E-state index is 12.9. The number of aromatic nitrogens is 2. The summed E-state index contributed by atoms with van der Waals surface area (Å²) < 4.78 is 46.4. The Morgan fingerprint density at radius 2 is 1.81 bits per heavy atom. The van der Waals surface area contributed by atoms with E-state index in [2.05, 4.69) is 6.92 Å². The van der Waals surface area contributed by atoms with Crippen LogP contribution in [0.5, 0.6) is 5.75 Å². The molecular formula is C27H27F3N2O3S.